The third-order valence-corrected chi connectivity index (χ3v) is 4.33. The number of aromatic nitrogens is 2. The number of rotatable bonds is 4. The minimum atomic E-state index is 0.629. The van der Waals surface area contributed by atoms with Crippen molar-refractivity contribution in [2.24, 2.45) is 5.73 Å². The first-order valence-electron chi connectivity index (χ1n) is 5.15. The highest BCUT2D eigenvalue weighted by Crippen LogP contribution is 2.33. The molecular weight excluding hydrogens is 274 g/mol. The van der Waals surface area contributed by atoms with Gasteiger partial charge >= 0.3 is 0 Å². The molecule has 0 aliphatic heterocycles. The zero-order valence-electron chi connectivity index (χ0n) is 9.31. The van der Waals surface area contributed by atoms with Crippen LogP contribution in [0.5, 0.6) is 0 Å². The number of benzene rings is 1. The topological polar surface area (TPSA) is 51.8 Å². The Morgan fingerprint density at radius 2 is 2.29 bits per heavy atom. The van der Waals surface area contributed by atoms with E-state index in [-0.39, 0.29) is 0 Å². The van der Waals surface area contributed by atoms with Crippen LogP contribution in [0.15, 0.2) is 27.4 Å². The minimum Gasteiger partial charge on any atom is -0.330 e. The summed E-state index contributed by atoms with van der Waals surface area (Å²) in [4.78, 5) is 5.44. The molecule has 2 aromatic rings. The molecule has 1 heterocycles. The summed E-state index contributed by atoms with van der Waals surface area (Å²) in [5.41, 5.74) is 6.80. The van der Waals surface area contributed by atoms with E-state index in [1.165, 1.54) is 17.1 Å². The van der Waals surface area contributed by atoms with E-state index in [2.05, 4.69) is 9.36 Å². The fraction of sp³-hybridized carbons (Fsp3) is 0.273. The number of nitrogens with zero attached hydrogens (tertiary/aromatic N) is 2. The molecule has 17 heavy (non-hydrogen) atoms. The third kappa shape index (κ3) is 3.42. The van der Waals surface area contributed by atoms with Gasteiger partial charge in [0.25, 0.3) is 0 Å². The van der Waals surface area contributed by atoms with Crippen molar-refractivity contribution in [3.05, 3.63) is 34.6 Å². The Kier molecular flexibility index (Phi) is 4.39. The molecule has 0 radical (unpaired) electrons. The van der Waals surface area contributed by atoms with Gasteiger partial charge in [0.2, 0.25) is 0 Å². The maximum Gasteiger partial charge on any atom is 0.174 e. The molecule has 0 fully saturated rings. The summed E-state index contributed by atoms with van der Waals surface area (Å²) in [6.45, 7) is 2.52. The van der Waals surface area contributed by atoms with E-state index in [0.29, 0.717) is 6.54 Å². The zero-order chi connectivity index (χ0) is 12.3. The molecule has 1 aromatic heterocycles. The normalized spacial score (nSPS) is 10.8. The first kappa shape index (κ1) is 12.8. The third-order valence-electron chi connectivity index (χ3n) is 2.15. The lowest BCUT2D eigenvalue weighted by atomic mass is 10.1. The number of aryl methyl sites for hydroxylation is 1. The van der Waals surface area contributed by atoms with E-state index >= 15 is 0 Å². The van der Waals surface area contributed by atoms with Crippen LogP contribution in [0.3, 0.4) is 0 Å². The van der Waals surface area contributed by atoms with Crippen LogP contribution in [0.25, 0.3) is 0 Å². The quantitative estimate of drug-likeness (QED) is 0.937. The van der Waals surface area contributed by atoms with Gasteiger partial charge in [0.1, 0.15) is 5.82 Å². The minimum absolute atomic E-state index is 0.629. The molecule has 0 aliphatic carbocycles. The maximum atomic E-state index is 6.01. The summed E-state index contributed by atoms with van der Waals surface area (Å²) < 4.78 is 5.10. The molecule has 0 atom stereocenters. The molecule has 2 N–H and O–H groups in total. The first-order valence-corrected chi connectivity index (χ1v) is 7.12. The van der Waals surface area contributed by atoms with Crippen molar-refractivity contribution in [2.75, 3.05) is 6.54 Å². The van der Waals surface area contributed by atoms with E-state index in [1.54, 1.807) is 11.8 Å². The first-order chi connectivity index (χ1) is 8.19. The summed E-state index contributed by atoms with van der Waals surface area (Å²) in [6, 6.07) is 5.86. The summed E-state index contributed by atoms with van der Waals surface area (Å²) in [7, 11) is 0. The van der Waals surface area contributed by atoms with Gasteiger partial charge in [0.15, 0.2) is 4.34 Å². The predicted molar refractivity (Wildman–Crippen MR) is 73.0 cm³/mol. The Bertz CT molecular complexity index is 513. The lowest BCUT2D eigenvalue weighted by molar-refractivity contribution is 0.944. The molecule has 0 saturated heterocycles. The van der Waals surface area contributed by atoms with E-state index in [9.17, 15) is 0 Å². The van der Waals surface area contributed by atoms with E-state index in [4.69, 9.17) is 17.3 Å². The highest BCUT2D eigenvalue weighted by atomic mass is 35.5. The van der Waals surface area contributed by atoms with Gasteiger partial charge in [0, 0.05) is 9.92 Å². The van der Waals surface area contributed by atoms with Gasteiger partial charge < -0.3 is 5.73 Å². The number of hydrogen-bond donors (Lipinski definition) is 1. The van der Waals surface area contributed by atoms with Gasteiger partial charge in [-0.05, 0) is 49.1 Å². The van der Waals surface area contributed by atoms with Crippen molar-refractivity contribution in [3.8, 4) is 0 Å². The van der Waals surface area contributed by atoms with Crippen molar-refractivity contribution in [1.82, 2.24) is 9.36 Å². The van der Waals surface area contributed by atoms with Gasteiger partial charge in [0.05, 0.1) is 0 Å². The van der Waals surface area contributed by atoms with Crippen molar-refractivity contribution in [2.45, 2.75) is 22.6 Å². The van der Waals surface area contributed by atoms with Gasteiger partial charge in [-0.2, -0.15) is 4.37 Å². The SMILES string of the molecule is Cc1nsc(Sc2cc(Cl)ccc2CCN)n1. The summed E-state index contributed by atoms with van der Waals surface area (Å²) in [6.07, 6.45) is 0.845. The van der Waals surface area contributed by atoms with Gasteiger partial charge in [-0.15, -0.1) is 0 Å². The Labute approximate surface area is 114 Å². The summed E-state index contributed by atoms with van der Waals surface area (Å²) in [5, 5.41) is 0.731. The number of nitrogens with two attached hydrogens (primary N) is 1. The number of halogens is 1. The highest BCUT2D eigenvalue weighted by molar-refractivity contribution is 8.01. The Morgan fingerprint density at radius 3 is 2.94 bits per heavy atom. The zero-order valence-corrected chi connectivity index (χ0v) is 11.7. The van der Waals surface area contributed by atoms with Gasteiger partial charge in [-0.1, -0.05) is 29.4 Å². The van der Waals surface area contributed by atoms with E-state index in [0.717, 1.165) is 26.5 Å². The second kappa shape index (κ2) is 5.82. The van der Waals surface area contributed by atoms with Crippen LogP contribution >= 0.6 is 34.9 Å². The Balaban J connectivity index is 2.26. The molecule has 0 saturated carbocycles. The molecular formula is C11H12ClN3S2. The molecule has 3 nitrogen and oxygen atoms in total. The lowest BCUT2D eigenvalue weighted by Crippen LogP contribution is -2.03. The average Bonchev–Trinajstić information content (AvgIpc) is 2.68. The molecule has 0 aliphatic rings. The van der Waals surface area contributed by atoms with Crippen LogP contribution < -0.4 is 5.73 Å². The largest absolute Gasteiger partial charge is 0.330 e. The van der Waals surface area contributed by atoms with Crippen LogP contribution in [0.4, 0.5) is 0 Å². The summed E-state index contributed by atoms with van der Waals surface area (Å²) >= 11 is 9.01. The second-order valence-corrected chi connectivity index (χ2v) is 5.98. The fourth-order valence-corrected chi connectivity index (χ4v) is 3.44. The van der Waals surface area contributed by atoms with Crippen LogP contribution in [0.1, 0.15) is 11.4 Å². The Morgan fingerprint density at radius 1 is 1.47 bits per heavy atom. The molecule has 0 amide bonds. The van der Waals surface area contributed by atoms with Crippen molar-refractivity contribution in [3.63, 3.8) is 0 Å². The van der Waals surface area contributed by atoms with Crippen LogP contribution in [-0.2, 0) is 6.42 Å². The smallest absolute Gasteiger partial charge is 0.174 e. The fourth-order valence-electron chi connectivity index (χ4n) is 1.40. The standard InChI is InChI=1S/C11H12ClN3S2/c1-7-14-11(17-15-7)16-10-6-9(12)3-2-8(10)4-5-13/h2-3,6H,4-5,13H2,1H3. The Hall–Kier alpha value is -0.620. The van der Waals surface area contributed by atoms with E-state index in [1.807, 2.05) is 25.1 Å². The summed E-state index contributed by atoms with van der Waals surface area (Å²) in [5.74, 6) is 0.805. The van der Waals surface area contributed by atoms with Gasteiger partial charge in [-0.25, -0.2) is 4.98 Å². The monoisotopic (exact) mass is 285 g/mol. The average molecular weight is 286 g/mol. The molecule has 90 valence electrons. The lowest BCUT2D eigenvalue weighted by Gasteiger charge is -2.06. The predicted octanol–water partition coefficient (Wildman–Crippen LogP) is 3.15. The van der Waals surface area contributed by atoms with Crippen LogP contribution in [0, 0.1) is 6.92 Å². The van der Waals surface area contributed by atoms with E-state index < -0.39 is 0 Å². The number of hydrogen-bond acceptors (Lipinski definition) is 5. The molecule has 0 unspecified atom stereocenters. The second-order valence-electron chi connectivity index (χ2n) is 3.50. The molecule has 1 aromatic carbocycles. The van der Waals surface area contributed by atoms with Crippen molar-refractivity contribution < 1.29 is 0 Å². The molecule has 6 heteroatoms. The molecule has 2 rings (SSSR count). The maximum absolute atomic E-state index is 6.01. The van der Waals surface area contributed by atoms with Gasteiger partial charge in [-0.3, -0.25) is 0 Å². The molecule has 0 spiro atoms. The highest BCUT2D eigenvalue weighted by Gasteiger charge is 2.08. The van der Waals surface area contributed by atoms with Crippen LogP contribution in [0.2, 0.25) is 5.02 Å². The molecule has 0 bridgehead atoms. The van der Waals surface area contributed by atoms with Crippen molar-refractivity contribution >= 4 is 34.9 Å². The van der Waals surface area contributed by atoms with Crippen molar-refractivity contribution in [1.29, 1.82) is 0 Å². The van der Waals surface area contributed by atoms with Crippen LogP contribution in [-0.4, -0.2) is 15.9 Å².